The van der Waals surface area contributed by atoms with Gasteiger partial charge in [0, 0.05) is 18.4 Å². The Balaban J connectivity index is 3.12. The number of hydrogen-bond donors (Lipinski definition) is 0. The molecule has 1 rings (SSSR count). The summed E-state index contributed by atoms with van der Waals surface area (Å²) in [7, 11) is 0. The highest BCUT2D eigenvalue weighted by Crippen LogP contribution is 2.20. The minimum Gasteiger partial charge on any atom is -0.462 e. The minimum atomic E-state index is -0.592. The van der Waals surface area contributed by atoms with Crippen molar-refractivity contribution in [3.8, 4) is 11.8 Å². The highest BCUT2D eigenvalue weighted by atomic mass is 35.5. The minimum absolute atomic E-state index is 0.136. The monoisotopic (exact) mass is 281 g/mol. The Kier molecular flexibility index (Phi) is 5.83. The number of ether oxygens (including phenoxy) is 1. The average molecular weight is 282 g/mol. The summed E-state index contributed by atoms with van der Waals surface area (Å²) in [5, 5.41) is 10.9. The van der Waals surface area contributed by atoms with E-state index >= 15 is 0 Å². The number of benzene rings is 1. The summed E-state index contributed by atoms with van der Waals surface area (Å²) in [5.74, 6) is 5.15. The molecule has 0 heterocycles. The third kappa shape index (κ3) is 4.27. The van der Waals surface area contributed by atoms with E-state index in [4.69, 9.17) is 16.3 Å². The second-order valence-corrected chi connectivity index (χ2v) is 3.83. The van der Waals surface area contributed by atoms with Crippen LogP contribution in [-0.2, 0) is 4.74 Å². The molecule has 0 radical (unpaired) electrons. The van der Waals surface area contributed by atoms with Gasteiger partial charge < -0.3 is 4.74 Å². The lowest BCUT2D eigenvalue weighted by Crippen LogP contribution is -2.05. The van der Waals surface area contributed by atoms with Gasteiger partial charge >= 0.3 is 5.97 Å². The van der Waals surface area contributed by atoms with Crippen molar-refractivity contribution in [3.63, 3.8) is 0 Å². The first kappa shape index (κ1) is 15.0. The van der Waals surface area contributed by atoms with E-state index in [0.717, 1.165) is 0 Å². The second kappa shape index (κ2) is 7.39. The molecule has 0 fully saturated rings. The van der Waals surface area contributed by atoms with Gasteiger partial charge in [-0.15, -0.1) is 11.6 Å². The van der Waals surface area contributed by atoms with E-state index in [1.165, 1.54) is 18.2 Å². The van der Waals surface area contributed by atoms with Crippen molar-refractivity contribution in [2.75, 3.05) is 12.5 Å². The fraction of sp³-hybridized carbons (Fsp3) is 0.308. The molecule has 5 nitrogen and oxygen atoms in total. The van der Waals surface area contributed by atoms with Gasteiger partial charge in [0.05, 0.1) is 17.1 Å². The number of esters is 1. The van der Waals surface area contributed by atoms with Crippen LogP contribution in [0.1, 0.15) is 29.3 Å². The van der Waals surface area contributed by atoms with E-state index in [2.05, 4.69) is 11.8 Å². The number of halogens is 1. The average Bonchev–Trinajstić information content (AvgIpc) is 2.39. The Morgan fingerprint density at radius 3 is 2.84 bits per heavy atom. The summed E-state index contributed by atoms with van der Waals surface area (Å²) >= 11 is 5.47. The van der Waals surface area contributed by atoms with Gasteiger partial charge in [0.25, 0.3) is 5.69 Å². The fourth-order valence-electron chi connectivity index (χ4n) is 1.33. The first-order valence-corrected chi connectivity index (χ1v) is 6.14. The van der Waals surface area contributed by atoms with E-state index in [0.29, 0.717) is 12.3 Å². The normalized spacial score (nSPS) is 9.37. The predicted octanol–water partition coefficient (Wildman–Crippen LogP) is 2.75. The van der Waals surface area contributed by atoms with E-state index in [1.54, 1.807) is 6.92 Å². The van der Waals surface area contributed by atoms with Crippen LogP contribution in [0.15, 0.2) is 18.2 Å². The van der Waals surface area contributed by atoms with Crippen LogP contribution in [0.2, 0.25) is 0 Å². The fourth-order valence-corrected chi connectivity index (χ4v) is 1.43. The number of hydrogen-bond acceptors (Lipinski definition) is 4. The maximum absolute atomic E-state index is 11.5. The molecule has 0 atom stereocenters. The Labute approximate surface area is 115 Å². The lowest BCUT2D eigenvalue weighted by molar-refractivity contribution is -0.385. The van der Waals surface area contributed by atoms with Gasteiger partial charge in [-0.2, -0.15) is 0 Å². The third-order valence-corrected chi connectivity index (χ3v) is 2.34. The van der Waals surface area contributed by atoms with Gasteiger partial charge in [-0.3, -0.25) is 10.1 Å². The standard InChI is InChI=1S/C13H12ClNO4/c1-2-19-13(16)11-7-6-10(5-3-4-8-14)12(9-11)15(17)18/h6-7,9H,2,4,8H2,1H3. The molecule has 0 aliphatic heterocycles. The summed E-state index contributed by atoms with van der Waals surface area (Å²) in [6.45, 7) is 1.88. The van der Waals surface area contributed by atoms with Crippen molar-refractivity contribution in [1.29, 1.82) is 0 Å². The van der Waals surface area contributed by atoms with Crippen molar-refractivity contribution in [1.82, 2.24) is 0 Å². The summed E-state index contributed by atoms with van der Waals surface area (Å²) < 4.78 is 4.79. The first-order chi connectivity index (χ1) is 9.10. The Bertz CT molecular complexity index is 545. The predicted molar refractivity (Wildman–Crippen MR) is 71.3 cm³/mol. The topological polar surface area (TPSA) is 69.4 Å². The van der Waals surface area contributed by atoms with Gasteiger partial charge in [0.1, 0.15) is 5.56 Å². The van der Waals surface area contributed by atoms with Gasteiger partial charge in [0.15, 0.2) is 0 Å². The van der Waals surface area contributed by atoms with Crippen LogP contribution in [0.5, 0.6) is 0 Å². The summed E-state index contributed by atoms with van der Waals surface area (Å²) in [6, 6.07) is 4.06. The van der Waals surface area contributed by atoms with Crippen molar-refractivity contribution in [3.05, 3.63) is 39.4 Å². The molecule has 0 saturated carbocycles. The third-order valence-electron chi connectivity index (χ3n) is 2.15. The quantitative estimate of drug-likeness (QED) is 0.280. The number of carbonyl (C=O) groups is 1. The molecule has 0 N–H and O–H groups in total. The number of rotatable bonds is 4. The van der Waals surface area contributed by atoms with Crippen LogP contribution in [-0.4, -0.2) is 23.4 Å². The largest absolute Gasteiger partial charge is 0.462 e. The summed E-state index contributed by atoms with van der Waals surface area (Å²) in [4.78, 5) is 21.9. The molecule has 0 bridgehead atoms. The molecule has 0 aliphatic carbocycles. The van der Waals surface area contributed by atoms with Crippen molar-refractivity contribution in [2.24, 2.45) is 0 Å². The summed E-state index contributed by atoms with van der Waals surface area (Å²) in [5.41, 5.74) is 0.173. The van der Waals surface area contributed by atoms with Crippen molar-refractivity contribution < 1.29 is 14.5 Å². The maximum Gasteiger partial charge on any atom is 0.338 e. The molecule has 100 valence electrons. The van der Waals surface area contributed by atoms with Crippen LogP contribution in [0, 0.1) is 22.0 Å². The molecule has 0 amide bonds. The van der Waals surface area contributed by atoms with Crippen LogP contribution < -0.4 is 0 Å². The lowest BCUT2D eigenvalue weighted by Gasteiger charge is -2.02. The van der Waals surface area contributed by atoms with Crippen molar-refractivity contribution in [2.45, 2.75) is 13.3 Å². The molecular weight excluding hydrogens is 270 g/mol. The molecule has 19 heavy (non-hydrogen) atoms. The maximum atomic E-state index is 11.5. The van der Waals surface area contributed by atoms with Gasteiger partial charge in [0.2, 0.25) is 0 Å². The van der Waals surface area contributed by atoms with Gasteiger partial charge in [-0.05, 0) is 19.1 Å². The first-order valence-electron chi connectivity index (χ1n) is 5.60. The van der Waals surface area contributed by atoms with E-state index < -0.39 is 10.9 Å². The molecule has 1 aromatic rings. The van der Waals surface area contributed by atoms with Crippen LogP contribution in [0.25, 0.3) is 0 Å². The highest BCUT2D eigenvalue weighted by molar-refractivity contribution is 6.18. The molecule has 6 heteroatoms. The van der Waals surface area contributed by atoms with E-state index in [9.17, 15) is 14.9 Å². The smallest absolute Gasteiger partial charge is 0.338 e. The van der Waals surface area contributed by atoms with Crippen molar-refractivity contribution >= 4 is 23.3 Å². The van der Waals surface area contributed by atoms with E-state index in [1.807, 2.05) is 0 Å². The molecule has 1 aromatic carbocycles. The number of alkyl halides is 1. The number of nitro groups is 1. The zero-order valence-corrected chi connectivity index (χ0v) is 11.1. The van der Waals surface area contributed by atoms with E-state index in [-0.39, 0.29) is 23.4 Å². The molecule has 0 saturated heterocycles. The molecule has 0 aromatic heterocycles. The Morgan fingerprint density at radius 1 is 1.53 bits per heavy atom. The Morgan fingerprint density at radius 2 is 2.26 bits per heavy atom. The molecule has 0 unspecified atom stereocenters. The highest BCUT2D eigenvalue weighted by Gasteiger charge is 2.16. The Hall–Kier alpha value is -2.06. The SMILES string of the molecule is CCOC(=O)c1ccc(C#CCCCl)c([N+](=O)[O-])c1. The van der Waals surface area contributed by atoms with Gasteiger partial charge in [-0.1, -0.05) is 11.8 Å². The second-order valence-electron chi connectivity index (χ2n) is 3.45. The zero-order chi connectivity index (χ0) is 14.3. The molecular formula is C13H12ClNO4. The van der Waals surface area contributed by atoms with Crippen LogP contribution in [0.3, 0.4) is 0 Å². The van der Waals surface area contributed by atoms with Crippen LogP contribution >= 0.6 is 11.6 Å². The number of carbonyl (C=O) groups excluding carboxylic acids is 1. The molecule has 0 spiro atoms. The lowest BCUT2D eigenvalue weighted by atomic mass is 10.1. The number of nitro benzene ring substituents is 1. The zero-order valence-electron chi connectivity index (χ0n) is 10.3. The molecule has 0 aliphatic rings. The van der Waals surface area contributed by atoms with Gasteiger partial charge in [-0.25, -0.2) is 4.79 Å². The van der Waals surface area contributed by atoms with Crippen LogP contribution in [0.4, 0.5) is 5.69 Å². The number of nitrogens with zero attached hydrogens (tertiary/aromatic N) is 1. The summed E-state index contributed by atoms with van der Waals surface area (Å²) in [6.07, 6.45) is 0.443.